The first kappa shape index (κ1) is 17.9. The molecule has 25 heavy (non-hydrogen) atoms. The van der Waals surface area contributed by atoms with E-state index in [9.17, 15) is 9.59 Å². The van der Waals surface area contributed by atoms with Gasteiger partial charge in [-0.1, -0.05) is 6.92 Å². The lowest BCUT2D eigenvalue weighted by Crippen LogP contribution is -2.39. The lowest BCUT2D eigenvalue weighted by atomic mass is 9.81. The zero-order valence-electron chi connectivity index (χ0n) is 14.7. The number of carboxylic acids is 1. The van der Waals surface area contributed by atoms with Crippen molar-refractivity contribution >= 4 is 11.9 Å². The minimum Gasteiger partial charge on any atom is -0.481 e. The van der Waals surface area contributed by atoms with Crippen LogP contribution in [0.4, 0.5) is 0 Å². The number of carbonyl (C=O) groups excluding carboxylic acids is 1. The van der Waals surface area contributed by atoms with E-state index in [2.05, 4.69) is 15.5 Å². The van der Waals surface area contributed by atoms with Crippen LogP contribution in [0.5, 0.6) is 0 Å². The molecule has 0 aliphatic heterocycles. The number of aliphatic carboxylic acids is 1. The summed E-state index contributed by atoms with van der Waals surface area (Å²) in [6.07, 6.45) is 7.09. The summed E-state index contributed by atoms with van der Waals surface area (Å²) in [5, 5.41) is 20.3. The second kappa shape index (κ2) is 7.97. The fourth-order valence-corrected chi connectivity index (χ4v) is 4.07. The number of nitrogens with zero attached hydrogens (tertiary/aromatic N) is 2. The molecule has 138 valence electrons. The summed E-state index contributed by atoms with van der Waals surface area (Å²) in [5.41, 5.74) is 0. The van der Waals surface area contributed by atoms with E-state index in [-0.39, 0.29) is 23.8 Å². The molecule has 7 heteroatoms. The number of rotatable bonds is 6. The Balaban J connectivity index is 1.42. The van der Waals surface area contributed by atoms with Crippen molar-refractivity contribution in [2.24, 2.45) is 17.8 Å². The predicted octanol–water partition coefficient (Wildman–Crippen LogP) is 2.35. The lowest BCUT2D eigenvalue weighted by molar-refractivity contribution is -0.144. The van der Waals surface area contributed by atoms with Gasteiger partial charge in [-0.15, -0.1) is 10.2 Å². The van der Waals surface area contributed by atoms with Gasteiger partial charge in [0.15, 0.2) is 0 Å². The summed E-state index contributed by atoms with van der Waals surface area (Å²) in [4.78, 5) is 23.4. The van der Waals surface area contributed by atoms with Gasteiger partial charge in [-0.05, 0) is 50.9 Å². The largest absolute Gasteiger partial charge is 0.481 e. The van der Waals surface area contributed by atoms with Gasteiger partial charge in [0.2, 0.25) is 17.7 Å². The van der Waals surface area contributed by atoms with Gasteiger partial charge < -0.3 is 14.8 Å². The third-order valence-corrected chi connectivity index (χ3v) is 5.61. The highest BCUT2D eigenvalue weighted by atomic mass is 16.4. The Labute approximate surface area is 147 Å². The van der Waals surface area contributed by atoms with Crippen molar-refractivity contribution in [3.05, 3.63) is 11.8 Å². The second-order valence-corrected chi connectivity index (χ2v) is 7.42. The number of nitrogens with one attached hydrogen (secondary N) is 1. The van der Waals surface area contributed by atoms with Crippen molar-refractivity contribution in [3.8, 4) is 0 Å². The van der Waals surface area contributed by atoms with Crippen LogP contribution in [0.1, 0.15) is 63.7 Å². The number of amides is 1. The Morgan fingerprint density at radius 2 is 1.76 bits per heavy atom. The van der Waals surface area contributed by atoms with Crippen molar-refractivity contribution in [2.45, 2.75) is 70.8 Å². The molecule has 2 saturated carbocycles. The monoisotopic (exact) mass is 349 g/mol. The molecule has 0 unspecified atom stereocenters. The third-order valence-electron chi connectivity index (χ3n) is 5.61. The first-order chi connectivity index (χ1) is 12.0. The molecule has 1 aromatic rings. The summed E-state index contributed by atoms with van der Waals surface area (Å²) in [6, 6.07) is 0.211. The Kier molecular flexibility index (Phi) is 5.71. The Morgan fingerprint density at radius 1 is 1.08 bits per heavy atom. The highest BCUT2D eigenvalue weighted by Crippen LogP contribution is 2.31. The fourth-order valence-electron chi connectivity index (χ4n) is 4.07. The summed E-state index contributed by atoms with van der Waals surface area (Å²) < 4.78 is 5.58. The maximum absolute atomic E-state index is 12.4. The lowest BCUT2D eigenvalue weighted by Gasteiger charge is -2.26. The van der Waals surface area contributed by atoms with Crippen LogP contribution < -0.4 is 5.32 Å². The molecule has 2 fully saturated rings. The number of hydrogen-bond acceptors (Lipinski definition) is 5. The van der Waals surface area contributed by atoms with Crippen molar-refractivity contribution in [3.63, 3.8) is 0 Å². The van der Waals surface area contributed by atoms with Gasteiger partial charge in [0.25, 0.3) is 0 Å². The van der Waals surface area contributed by atoms with E-state index in [1.54, 1.807) is 0 Å². The molecule has 0 saturated heterocycles. The Bertz CT molecular complexity index is 607. The molecule has 0 bridgehead atoms. The second-order valence-electron chi connectivity index (χ2n) is 7.42. The molecule has 3 rings (SSSR count). The van der Waals surface area contributed by atoms with Crippen LogP contribution in [0.15, 0.2) is 4.42 Å². The van der Waals surface area contributed by atoms with Crippen LogP contribution >= 0.6 is 0 Å². The number of carbonyl (C=O) groups is 2. The van der Waals surface area contributed by atoms with Crippen LogP contribution in [0.2, 0.25) is 0 Å². The molecule has 2 aliphatic carbocycles. The zero-order valence-corrected chi connectivity index (χ0v) is 14.7. The number of hydrogen-bond donors (Lipinski definition) is 2. The van der Waals surface area contributed by atoms with Crippen LogP contribution in [-0.4, -0.2) is 33.2 Å². The van der Waals surface area contributed by atoms with E-state index in [1.807, 2.05) is 6.92 Å². The third kappa shape index (κ3) is 4.58. The topological polar surface area (TPSA) is 105 Å². The van der Waals surface area contributed by atoms with Gasteiger partial charge in [0.1, 0.15) is 0 Å². The summed E-state index contributed by atoms with van der Waals surface area (Å²) in [7, 11) is 0. The number of aromatic nitrogens is 2. The van der Waals surface area contributed by atoms with E-state index >= 15 is 0 Å². The minimum atomic E-state index is -0.732. The Hall–Kier alpha value is -1.92. The molecule has 0 spiro atoms. The molecule has 2 N–H and O–H groups in total. The maximum Gasteiger partial charge on any atom is 0.306 e. The molecule has 0 radical (unpaired) electrons. The molecule has 2 aliphatic rings. The van der Waals surface area contributed by atoms with Gasteiger partial charge in [-0.2, -0.15) is 0 Å². The molecule has 2 atom stereocenters. The molecular weight excluding hydrogens is 322 g/mol. The van der Waals surface area contributed by atoms with Gasteiger partial charge in [0, 0.05) is 24.8 Å². The van der Waals surface area contributed by atoms with Gasteiger partial charge >= 0.3 is 5.97 Å². The van der Waals surface area contributed by atoms with Crippen molar-refractivity contribution in [1.82, 2.24) is 15.5 Å². The van der Waals surface area contributed by atoms with E-state index in [4.69, 9.17) is 9.52 Å². The summed E-state index contributed by atoms with van der Waals surface area (Å²) in [6.45, 7) is 1.99. The van der Waals surface area contributed by atoms with Crippen molar-refractivity contribution in [2.75, 3.05) is 0 Å². The first-order valence-corrected chi connectivity index (χ1v) is 9.39. The first-order valence-electron chi connectivity index (χ1n) is 9.39. The van der Waals surface area contributed by atoms with Gasteiger partial charge in [-0.25, -0.2) is 0 Å². The van der Waals surface area contributed by atoms with Crippen LogP contribution in [0.3, 0.4) is 0 Å². The SMILES string of the molecule is CCc1nnc(C[C@@H]2CC[C@H](NC(=O)C3CCC(C(=O)O)CC3)C2)o1. The quantitative estimate of drug-likeness (QED) is 0.817. The van der Waals surface area contributed by atoms with E-state index in [0.717, 1.165) is 32.1 Å². The van der Waals surface area contributed by atoms with Crippen LogP contribution in [0.25, 0.3) is 0 Å². The standard InChI is InChI=1S/C18H27N3O4/c1-2-15-20-21-16(25-15)10-11-3-8-14(9-11)19-17(22)12-4-6-13(7-5-12)18(23)24/h11-14H,2-10H2,1H3,(H,19,22)(H,23,24)/t11-,12?,13?,14+/m1/s1. The maximum atomic E-state index is 12.4. The Morgan fingerprint density at radius 3 is 2.40 bits per heavy atom. The van der Waals surface area contributed by atoms with E-state index < -0.39 is 5.97 Å². The molecular formula is C18H27N3O4. The van der Waals surface area contributed by atoms with E-state index in [1.165, 1.54) is 0 Å². The fraction of sp³-hybridized carbons (Fsp3) is 0.778. The summed E-state index contributed by atoms with van der Waals surface area (Å²) in [5.74, 6) is 0.902. The molecule has 1 aromatic heterocycles. The summed E-state index contributed by atoms with van der Waals surface area (Å²) >= 11 is 0. The molecule has 1 heterocycles. The van der Waals surface area contributed by atoms with Crippen molar-refractivity contribution < 1.29 is 19.1 Å². The van der Waals surface area contributed by atoms with Crippen LogP contribution in [0, 0.1) is 17.8 Å². The molecule has 1 amide bonds. The highest BCUT2D eigenvalue weighted by molar-refractivity contribution is 5.79. The molecule has 7 nitrogen and oxygen atoms in total. The zero-order chi connectivity index (χ0) is 17.8. The molecule has 0 aromatic carbocycles. The van der Waals surface area contributed by atoms with Gasteiger partial charge in [0.05, 0.1) is 5.92 Å². The van der Waals surface area contributed by atoms with Crippen LogP contribution in [-0.2, 0) is 22.4 Å². The van der Waals surface area contributed by atoms with Gasteiger partial charge in [-0.3, -0.25) is 9.59 Å². The van der Waals surface area contributed by atoms with E-state index in [0.29, 0.717) is 43.4 Å². The minimum absolute atomic E-state index is 0.0299. The average molecular weight is 349 g/mol. The highest BCUT2D eigenvalue weighted by Gasteiger charge is 2.32. The smallest absolute Gasteiger partial charge is 0.306 e. The number of aryl methyl sites for hydroxylation is 1. The number of carboxylic acid groups (broad SMARTS) is 1. The average Bonchev–Trinajstić information content (AvgIpc) is 3.24. The normalized spacial score (nSPS) is 29.5. The van der Waals surface area contributed by atoms with Crippen molar-refractivity contribution in [1.29, 1.82) is 0 Å². The predicted molar refractivity (Wildman–Crippen MR) is 89.7 cm³/mol.